The van der Waals surface area contributed by atoms with Crippen LogP contribution in [0.25, 0.3) is 0 Å². The van der Waals surface area contributed by atoms with Gasteiger partial charge in [-0.3, -0.25) is 5.10 Å². The molecule has 0 aliphatic rings. The minimum absolute atomic E-state index is 0.306. The van der Waals surface area contributed by atoms with Crippen molar-refractivity contribution in [3.8, 4) is 0 Å². The van der Waals surface area contributed by atoms with E-state index in [1.807, 2.05) is 0 Å². The fourth-order valence-corrected chi connectivity index (χ4v) is 1.43. The smallest absolute Gasteiger partial charge is 0.157 e. The minimum Gasteiger partial charge on any atom is -0.380 e. The first-order valence-corrected chi connectivity index (χ1v) is 4.47. The Kier molecular flexibility index (Phi) is 2.47. The van der Waals surface area contributed by atoms with Gasteiger partial charge in [0, 0.05) is 0 Å². The molecule has 2 rings (SSSR count). The van der Waals surface area contributed by atoms with Crippen molar-refractivity contribution < 1.29 is 9.50 Å². The molecule has 4 nitrogen and oxygen atoms in total. The van der Waals surface area contributed by atoms with Gasteiger partial charge in [-0.25, -0.2) is 9.37 Å². The summed E-state index contributed by atoms with van der Waals surface area (Å²) in [4.78, 5) is 3.81. The molecule has 0 saturated carbocycles. The van der Waals surface area contributed by atoms with E-state index < -0.39 is 6.10 Å². The van der Waals surface area contributed by atoms with E-state index in [1.165, 1.54) is 18.5 Å². The maximum atomic E-state index is 13.1. The molecule has 0 aliphatic heterocycles. The SMILES string of the molecule is Cc1cc(F)cc(C(O)c2ncn[nH]2)c1. The number of nitrogens with zero attached hydrogens (tertiary/aromatic N) is 2. The van der Waals surface area contributed by atoms with E-state index in [9.17, 15) is 9.50 Å². The zero-order valence-electron chi connectivity index (χ0n) is 8.11. The van der Waals surface area contributed by atoms with Gasteiger partial charge in [-0.1, -0.05) is 6.07 Å². The zero-order chi connectivity index (χ0) is 10.8. The lowest BCUT2D eigenvalue weighted by Crippen LogP contribution is -2.03. The zero-order valence-corrected chi connectivity index (χ0v) is 8.11. The third-order valence-electron chi connectivity index (χ3n) is 2.07. The molecule has 0 saturated heterocycles. The van der Waals surface area contributed by atoms with Crippen LogP contribution in [0.1, 0.15) is 23.1 Å². The predicted octanol–water partition coefficient (Wildman–Crippen LogP) is 1.33. The maximum absolute atomic E-state index is 13.1. The topological polar surface area (TPSA) is 61.8 Å². The van der Waals surface area contributed by atoms with Crippen molar-refractivity contribution in [3.63, 3.8) is 0 Å². The molecule has 15 heavy (non-hydrogen) atoms. The van der Waals surface area contributed by atoms with Crippen LogP contribution >= 0.6 is 0 Å². The number of aromatic amines is 1. The number of aliphatic hydroxyl groups is 1. The van der Waals surface area contributed by atoms with Crippen LogP contribution < -0.4 is 0 Å². The van der Waals surface area contributed by atoms with Gasteiger partial charge in [0.25, 0.3) is 0 Å². The Morgan fingerprint density at radius 1 is 1.40 bits per heavy atom. The van der Waals surface area contributed by atoms with Crippen LogP contribution in [0.5, 0.6) is 0 Å². The van der Waals surface area contributed by atoms with Gasteiger partial charge in [-0.05, 0) is 30.2 Å². The molecular weight excluding hydrogens is 197 g/mol. The molecule has 1 aromatic carbocycles. The van der Waals surface area contributed by atoms with Gasteiger partial charge in [0.2, 0.25) is 0 Å². The number of nitrogens with one attached hydrogen (secondary N) is 1. The lowest BCUT2D eigenvalue weighted by atomic mass is 10.1. The first kappa shape index (κ1) is 9.79. The van der Waals surface area contributed by atoms with Crippen molar-refractivity contribution in [3.05, 3.63) is 47.3 Å². The molecule has 5 heteroatoms. The normalized spacial score (nSPS) is 12.7. The number of benzene rings is 1. The number of aliphatic hydroxyl groups excluding tert-OH is 1. The van der Waals surface area contributed by atoms with E-state index in [4.69, 9.17) is 0 Å². The number of hydrogen-bond donors (Lipinski definition) is 2. The number of halogens is 1. The van der Waals surface area contributed by atoms with Crippen LogP contribution in [-0.2, 0) is 0 Å². The second kappa shape index (κ2) is 3.78. The largest absolute Gasteiger partial charge is 0.380 e. The van der Waals surface area contributed by atoms with Crippen LogP contribution in [0, 0.1) is 12.7 Å². The maximum Gasteiger partial charge on any atom is 0.157 e. The Morgan fingerprint density at radius 2 is 2.20 bits per heavy atom. The summed E-state index contributed by atoms with van der Waals surface area (Å²) < 4.78 is 13.1. The molecule has 1 aromatic heterocycles. The van der Waals surface area contributed by atoms with Gasteiger partial charge >= 0.3 is 0 Å². The van der Waals surface area contributed by atoms with Crippen molar-refractivity contribution in [1.82, 2.24) is 15.2 Å². The summed E-state index contributed by atoms with van der Waals surface area (Å²) >= 11 is 0. The summed E-state index contributed by atoms with van der Waals surface area (Å²) in [5.74, 6) is -0.0661. The molecule has 0 fully saturated rings. The van der Waals surface area contributed by atoms with Gasteiger partial charge < -0.3 is 5.11 Å². The van der Waals surface area contributed by atoms with Crippen molar-refractivity contribution in [2.24, 2.45) is 0 Å². The first-order valence-electron chi connectivity index (χ1n) is 4.47. The van der Waals surface area contributed by atoms with E-state index >= 15 is 0 Å². The van der Waals surface area contributed by atoms with E-state index in [-0.39, 0.29) is 5.82 Å². The Bertz CT molecular complexity index is 435. The summed E-state index contributed by atoms with van der Waals surface area (Å²) in [6, 6.07) is 4.38. The third-order valence-corrected chi connectivity index (χ3v) is 2.07. The highest BCUT2D eigenvalue weighted by atomic mass is 19.1. The van der Waals surface area contributed by atoms with Crippen LogP contribution in [-0.4, -0.2) is 20.3 Å². The highest BCUT2D eigenvalue weighted by Gasteiger charge is 2.14. The molecule has 0 amide bonds. The van der Waals surface area contributed by atoms with Crippen LogP contribution in [0.3, 0.4) is 0 Å². The summed E-state index contributed by atoms with van der Waals surface area (Å²) in [6.45, 7) is 1.76. The standard InChI is InChI=1S/C10H10FN3O/c1-6-2-7(4-8(11)3-6)9(15)10-12-5-13-14-10/h2-5,9,15H,1H3,(H,12,13,14). The Hall–Kier alpha value is -1.75. The second-order valence-corrected chi connectivity index (χ2v) is 3.34. The second-order valence-electron chi connectivity index (χ2n) is 3.34. The summed E-state index contributed by atoms with van der Waals surface area (Å²) in [5.41, 5.74) is 1.22. The Labute approximate surface area is 85.8 Å². The lowest BCUT2D eigenvalue weighted by Gasteiger charge is -2.08. The number of hydrogen-bond acceptors (Lipinski definition) is 3. The number of rotatable bonds is 2. The molecule has 2 N–H and O–H groups in total. The number of H-pyrrole nitrogens is 1. The Morgan fingerprint density at radius 3 is 2.80 bits per heavy atom. The molecule has 0 bridgehead atoms. The molecular formula is C10H10FN3O. The molecule has 0 spiro atoms. The summed E-state index contributed by atoms with van der Waals surface area (Å²) in [7, 11) is 0. The minimum atomic E-state index is -0.970. The summed E-state index contributed by atoms with van der Waals surface area (Å²) in [6.07, 6.45) is 0.326. The van der Waals surface area contributed by atoms with Crippen molar-refractivity contribution in [2.75, 3.05) is 0 Å². The average Bonchev–Trinajstić information content (AvgIpc) is 2.67. The third kappa shape index (κ3) is 2.02. The summed E-state index contributed by atoms with van der Waals surface area (Å²) in [5, 5.41) is 16.0. The van der Waals surface area contributed by atoms with Gasteiger partial charge in [-0.15, -0.1) is 0 Å². The molecule has 2 aromatic rings. The van der Waals surface area contributed by atoms with Crippen LogP contribution in [0.4, 0.5) is 4.39 Å². The van der Waals surface area contributed by atoms with Gasteiger partial charge in [-0.2, -0.15) is 5.10 Å². The van der Waals surface area contributed by atoms with Crippen LogP contribution in [0.2, 0.25) is 0 Å². The number of aromatic nitrogens is 3. The number of aryl methyl sites for hydroxylation is 1. The van der Waals surface area contributed by atoms with E-state index in [0.29, 0.717) is 11.4 Å². The lowest BCUT2D eigenvalue weighted by molar-refractivity contribution is 0.210. The predicted molar refractivity (Wildman–Crippen MR) is 51.6 cm³/mol. The highest BCUT2D eigenvalue weighted by Crippen LogP contribution is 2.20. The van der Waals surface area contributed by atoms with Gasteiger partial charge in [0.05, 0.1) is 0 Å². The van der Waals surface area contributed by atoms with Gasteiger partial charge in [0.1, 0.15) is 18.2 Å². The molecule has 1 atom stereocenters. The Balaban J connectivity index is 2.37. The molecule has 78 valence electrons. The quantitative estimate of drug-likeness (QED) is 0.781. The molecule has 1 heterocycles. The van der Waals surface area contributed by atoms with Crippen LogP contribution in [0.15, 0.2) is 24.5 Å². The monoisotopic (exact) mass is 207 g/mol. The highest BCUT2D eigenvalue weighted by molar-refractivity contribution is 5.28. The van der Waals surface area contributed by atoms with E-state index in [1.54, 1.807) is 13.0 Å². The molecule has 0 aliphatic carbocycles. The van der Waals surface area contributed by atoms with Crippen molar-refractivity contribution in [1.29, 1.82) is 0 Å². The fourth-order valence-electron chi connectivity index (χ4n) is 1.43. The van der Waals surface area contributed by atoms with E-state index in [2.05, 4.69) is 15.2 Å². The average molecular weight is 207 g/mol. The first-order chi connectivity index (χ1) is 7.16. The molecule has 0 radical (unpaired) electrons. The van der Waals surface area contributed by atoms with E-state index in [0.717, 1.165) is 5.56 Å². The van der Waals surface area contributed by atoms with Crippen molar-refractivity contribution >= 4 is 0 Å². The van der Waals surface area contributed by atoms with Crippen molar-refractivity contribution in [2.45, 2.75) is 13.0 Å². The fraction of sp³-hybridized carbons (Fsp3) is 0.200. The van der Waals surface area contributed by atoms with Gasteiger partial charge in [0.15, 0.2) is 5.82 Å². The molecule has 1 unspecified atom stereocenters.